The Morgan fingerprint density at radius 1 is 1.00 bits per heavy atom. The van der Waals surface area contributed by atoms with Crippen LogP contribution in [0.1, 0.15) is 30.0 Å². The van der Waals surface area contributed by atoms with Crippen LogP contribution < -0.4 is 10.6 Å². The van der Waals surface area contributed by atoms with E-state index in [1.807, 2.05) is 54.6 Å². The minimum absolute atomic E-state index is 0.134. The normalized spacial score (nSPS) is 17.4. The summed E-state index contributed by atoms with van der Waals surface area (Å²) < 4.78 is 6.37. The average molecular weight is 523 g/mol. The van der Waals surface area contributed by atoms with Crippen LogP contribution in [-0.2, 0) is 0 Å². The monoisotopic (exact) mass is 522 g/mol. The van der Waals surface area contributed by atoms with E-state index < -0.39 is 0 Å². The maximum atomic E-state index is 6.44. The summed E-state index contributed by atoms with van der Waals surface area (Å²) in [5.74, 6) is 1.48. The van der Waals surface area contributed by atoms with Crippen molar-refractivity contribution in [3.05, 3.63) is 107 Å². The molecule has 3 heterocycles. The number of para-hydroxylation sites is 1. The maximum Gasteiger partial charge on any atom is 0.170 e. The van der Waals surface area contributed by atoms with E-state index in [0.29, 0.717) is 20.9 Å². The highest BCUT2D eigenvalue weighted by Crippen LogP contribution is 2.41. The van der Waals surface area contributed by atoms with Gasteiger partial charge < -0.3 is 20.0 Å². The summed E-state index contributed by atoms with van der Waals surface area (Å²) in [6.07, 6.45) is 2.70. The average Bonchev–Trinajstić information content (AvgIpc) is 3.47. The van der Waals surface area contributed by atoms with Gasteiger partial charge in [0, 0.05) is 35.6 Å². The smallest absolute Gasteiger partial charge is 0.170 e. The fraction of sp³-hybridized carbons (Fsp3) is 0.185. The van der Waals surface area contributed by atoms with Gasteiger partial charge in [-0.1, -0.05) is 47.5 Å². The van der Waals surface area contributed by atoms with Gasteiger partial charge in [0.25, 0.3) is 0 Å². The Kier molecular flexibility index (Phi) is 7.23. The van der Waals surface area contributed by atoms with Crippen LogP contribution in [0, 0.1) is 0 Å². The van der Waals surface area contributed by atoms with Crippen LogP contribution in [0.4, 0.5) is 5.69 Å². The van der Waals surface area contributed by atoms with Crippen molar-refractivity contribution in [3.8, 4) is 11.3 Å². The number of hydrogen-bond acceptors (Lipinski definition) is 4. The molecule has 1 saturated heterocycles. The number of aromatic nitrogens is 1. The van der Waals surface area contributed by atoms with E-state index in [2.05, 4.69) is 32.7 Å². The Labute approximate surface area is 220 Å². The van der Waals surface area contributed by atoms with E-state index in [1.54, 1.807) is 18.3 Å². The van der Waals surface area contributed by atoms with E-state index in [4.69, 9.17) is 39.8 Å². The van der Waals surface area contributed by atoms with Gasteiger partial charge in [-0.2, -0.15) is 0 Å². The van der Waals surface area contributed by atoms with Crippen molar-refractivity contribution in [2.24, 2.45) is 0 Å². The summed E-state index contributed by atoms with van der Waals surface area (Å²) in [5, 5.41) is 8.75. The van der Waals surface area contributed by atoms with E-state index in [9.17, 15) is 0 Å². The molecule has 0 bridgehead atoms. The lowest BCUT2D eigenvalue weighted by Gasteiger charge is -2.26. The van der Waals surface area contributed by atoms with Crippen LogP contribution in [-0.4, -0.2) is 28.1 Å². The second kappa shape index (κ2) is 10.7. The molecule has 0 aliphatic carbocycles. The zero-order chi connectivity index (χ0) is 24.2. The van der Waals surface area contributed by atoms with Gasteiger partial charge in [-0.05, 0) is 73.2 Å². The predicted octanol–water partition coefficient (Wildman–Crippen LogP) is 7.12. The molecule has 5 nitrogen and oxygen atoms in total. The van der Waals surface area contributed by atoms with E-state index in [1.165, 1.54) is 0 Å². The van der Waals surface area contributed by atoms with Gasteiger partial charge in [-0.25, -0.2) is 0 Å². The summed E-state index contributed by atoms with van der Waals surface area (Å²) in [5.41, 5.74) is 2.81. The van der Waals surface area contributed by atoms with Crippen LogP contribution in [0.2, 0.25) is 10.0 Å². The van der Waals surface area contributed by atoms with Gasteiger partial charge in [0.2, 0.25) is 0 Å². The summed E-state index contributed by atoms with van der Waals surface area (Å²) in [6.45, 7) is 1.59. The first-order valence-electron chi connectivity index (χ1n) is 11.4. The molecule has 2 N–H and O–H groups in total. The first-order chi connectivity index (χ1) is 17.1. The SMILES string of the molecule is S=C1N[C@H](c2ccccn2)[C@H](c2ccc(-c3ccc(Cl)cc3Cl)o2)N1CCCNc1ccccc1. The van der Waals surface area contributed by atoms with Crippen LogP contribution in [0.3, 0.4) is 0 Å². The van der Waals surface area contributed by atoms with Crippen molar-refractivity contribution in [1.29, 1.82) is 0 Å². The van der Waals surface area contributed by atoms with Crippen molar-refractivity contribution in [2.75, 3.05) is 18.4 Å². The first kappa shape index (κ1) is 23.7. The number of furan rings is 1. The first-order valence-corrected chi connectivity index (χ1v) is 12.6. The number of thiocarbonyl (C=S) groups is 1. The molecule has 4 aromatic rings. The Bertz CT molecular complexity index is 1300. The molecule has 1 fully saturated rings. The van der Waals surface area contributed by atoms with E-state index >= 15 is 0 Å². The third-order valence-electron chi connectivity index (χ3n) is 5.99. The molecule has 2 aromatic heterocycles. The van der Waals surface area contributed by atoms with Gasteiger partial charge in [0.05, 0.1) is 16.8 Å². The van der Waals surface area contributed by atoms with Crippen molar-refractivity contribution in [3.63, 3.8) is 0 Å². The maximum absolute atomic E-state index is 6.44. The Morgan fingerprint density at radius 2 is 1.83 bits per heavy atom. The fourth-order valence-electron chi connectivity index (χ4n) is 4.34. The number of benzene rings is 2. The number of hydrogen-bond donors (Lipinski definition) is 2. The van der Waals surface area contributed by atoms with Crippen molar-refractivity contribution in [1.82, 2.24) is 15.2 Å². The molecule has 2 aromatic carbocycles. The Balaban J connectivity index is 1.39. The van der Waals surface area contributed by atoms with Gasteiger partial charge in [0.1, 0.15) is 17.6 Å². The Morgan fingerprint density at radius 3 is 2.60 bits per heavy atom. The zero-order valence-corrected chi connectivity index (χ0v) is 21.2. The summed E-state index contributed by atoms with van der Waals surface area (Å²) in [7, 11) is 0. The number of nitrogens with one attached hydrogen (secondary N) is 2. The number of pyridine rings is 1. The molecular weight excluding hydrogens is 499 g/mol. The van der Waals surface area contributed by atoms with E-state index in [-0.39, 0.29) is 12.1 Å². The molecule has 178 valence electrons. The molecule has 8 heteroatoms. The molecule has 35 heavy (non-hydrogen) atoms. The minimum Gasteiger partial charge on any atom is -0.459 e. The standard InChI is InChI=1S/C27H24Cl2N4OS/c28-18-10-11-20(21(29)17-18)23-12-13-24(34-23)26-25(22-9-4-5-14-31-22)32-27(35)33(26)16-6-15-30-19-7-2-1-3-8-19/h1-5,7-14,17,25-26,30H,6,15-16H2,(H,32,35)/t25-,26+/m1/s1. The quantitative estimate of drug-likeness (QED) is 0.189. The number of rotatable bonds is 8. The lowest BCUT2D eigenvalue weighted by Crippen LogP contribution is -2.31. The molecule has 0 amide bonds. The summed E-state index contributed by atoms with van der Waals surface area (Å²) in [6, 6.07) is 25.1. The summed E-state index contributed by atoms with van der Waals surface area (Å²) >= 11 is 18.3. The lowest BCUT2D eigenvalue weighted by molar-refractivity contribution is 0.274. The molecule has 0 spiro atoms. The van der Waals surface area contributed by atoms with Crippen molar-refractivity contribution in [2.45, 2.75) is 18.5 Å². The van der Waals surface area contributed by atoms with Crippen molar-refractivity contribution < 1.29 is 4.42 Å². The van der Waals surface area contributed by atoms with Gasteiger partial charge >= 0.3 is 0 Å². The van der Waals surface area contributed by atoms with Crippen LogP contribution in [0.15, 0.2) is 89.5 Å². The largest absolute Gasteiger partial charge is 0.459 e. The fourth-order valence-corrected chi connectivity index (χ4v) is 5.17. The van der Waals surface area contributed by atoms with Gasteiger partial charge in [-0.15, -0.1) is 0 Å². The number of nitrogens with zero attached hydrogens (tertiary/aromatic N) is 2. The third kappa shape index (κ3) is 5.30. The molecule has 0 unspecified atom stereocenters. The number of halogens is 2. The molecular formula is C27H24Cl2N4OS. The van der Waals surface area contributed by atoms with E-state index in [0.717, 1.165) is 42.2 Å². The summed E-state index contributed by atoms with van der Waals surface area (Å²) in [4.78, 5) is 6.78. The second-order valence-corrected chi connectivity index (χ2v) is 9.52. The van der Waals surface area contributed by atoms with Crippen LogP contribution in [0.5, 0.6) is 0 Å². The van der Waals surface area contributed by atoms with Crippen LogP contribution in [0.25, 0.3) is 11.3 Å². The van der Waals surface area contributed by atoms with Crippen LogP contribution >= 0.6 is 35.4 Å². The number of anilines is 1. The molecule has 5 rings (SSSR count). The molecule has 1 aliphatic rings. The third-order valence-corrected chi connectivity index (χ3v) is 6.89. The van der Waals surface area contributed by atoms with Gasteiger partial charge in [0.15, 0.2) is 5.11 Å². The van der Waals surface area contributed by atoms with Gasteiger partial charge in [-0.3, -0.25) is 4.98 Å². The Hall–Kier alpha value is -3.06. The minimum atomic E-state index is -0.144. The molecule has 2 atom stereocenters. The van der Waals surface area contributed by atoms with Crippen molar-refractivity contribution >= 4 is 46.2 Å². The molecule has 0 saturated carbocycles. The highest BCUT2D eigenvalue weighted by molar-refractivity contribution is 7.80. The highest BCUT2D eigenvalue weighted by atomic mass is 35.5. The lowest BCUT2D eigenvalue weighted by atomic mass is 10.0. The zero-order valence-electron chi connectivity index (χ0n) is 18.8. The topological polar surface area (TPSA) is 53.3 Å². The second-order valence-electron chi connectivity index (χ2n) is 8.29. The predicted molar refractivity (Wildman–Crippen MR) is 146 cm³/mol. The molecule has 1 aliphatic heterocycles. The highest BCUT2D eigenvalue weighted by Gasteiger charge is 2.41. The molecule has 0 radical (unpaired) electrons.